The van der Waals surface area contributed by atoms with E-state index in [1.54, 1.807) is 0 Å². The van der Waals surface area contributed by atoms with E-state index in [-0.39, 0.29) is 11.2 Å². The number of rotatable bonds is 2. The van der Waals surface area contributed by atoms with Crippen molar-refractivity contribution in [3.63, 3.8) is 0 Å². The summed E-state index contributed by atoms with van der Waals surface area (Å²) in [5.74, 6) is 1.28. The molecule has 0 radical (unpaired) electrons. The predicted molar refractivity (Wildman–Crippen MR) is 75.2 cm³/mol. The number of nitrogens with zero attached hydrogens (tertiary/aromatic N) is 2. The molecule has 1 aromatic heterocycles. The van der Waals surface area contributed by atoms with Crippen LogP contribution < -0.4 is 21.5 Å². The highest BCUT2D eigenvalue weighted by Gasteiger charge is 2.30. The summed E-state index contributed by atoms with van der Waals surface area (Å²) in [5, 5.41) is 3.58. The number of hydrogen-bond acceptors (Lipinski definition) is 5. The first kappa shape index (κ1) is 12.5. The van der Waals surface area contributed by atoms with E-state index in [9.17, 15) is 4.79 Å². The van der Waals surface area contributed by atoms with Crippen LogP contribution in [-0.4, -0.2) is 35.6 Å². The second-order valence-corrected chi connectivity index (χ2v) is 5.52. The molecular formula is C13H21N5O. The van der Waals surface area contributed by atoms with E-state index in [2.05, 4.69) is 20.2 Å². The molecule has 3 rings (SSSR count). The minimum atomic E-state index is -0.244. The van der Waals surface area contributed by atoms with Crippen LogP contribution in [0.15, 0.2) is 11.1 Å². The zero-order valence-corrected chi connectivity index (χ0v) is 11.1. The molecule has 0 spiro atoms. The van der Waals surface area contributed by atoms with Crippen LogP contribution in [0.3, 0.4) is 0 Å². The van der Waals surface area contributed by atoms with Gasteiger partial charge in [-0.05, 0) is 38.1 Å². The Labute approximate surface area is 112 Å². The number of hydrogen-bond donors (Lipinski definition) is 3. The van der Waals surface area contributed by atoms with E-state index in [1.807, 2.05) is 0 Å². The van der Waals surface area contributed by atoms with E-state index in [0.29, 0.717) is 17.8 Å². The van der Waals surface area contributed by atoms with Crippen LogP contribution in [0.2, 0.25) is 0 Å². The number of nitrogens with one attached hydrogen (secondary N) is 2. The van der Waals surface area contributed by atoms with Gasteiger partial charge in [-0.25, -0.2) is 4.98 Å². The Kier molecular flexibility index (Phi) is 3.42. The number of anilines is 2. The van der Waals surface area contributed by atoms with Gasteiger partial charge in [-0.15, -0.1) is 0 Å². The van der Waals surface area contributed by atoms with E-state index in [0.717, 1.165) is 26.1 Å². The number of H-pyrrole nitrogens is 1. The lowest BCUT2D eigenvalue weighted by Crippen LogP contribution is -2.44. The molecule has 6 heteroatoms. The molecule has 2 fully saturated rings. The van der Waals surface area contributed by atoms with Crippen molar-refractivity contribution >= 4 is 11.5 Å². The molecule has 0 saturated carbocycles. The van der Waals surface area contributed by atoms with Crippen molar-refractivity contribution in [1.29, 1.82) is 0 Å². The summed E-state index contributed by atoms with van der Waals surface area (Å²) in [7, 11) is 0. The summed E-state index contributed by atoms with van der Waals surface area (Å²) in [6.45, 7) is 3.01. The summed E-state index contributed by atoms with van der Waals surface area (Å²) >= 11 is 0. The van der Waals surface area contributed by atoms with Crippen molar-refractivity contribution in [2.45, 2.75) is 31.7 Å². The summed E-state index contributed by atoms with van der Waals surface area (Å²) in [5.41, 5.74) is 5.84. The van der Waals surface area contributed by atoms with Crippen molar-refractivity contribution in [3.05, 3.63) is 16.7 Å². The number of nitrogens with two attached hydrogens (primary N) is 1. The third kappa shape index (κ3) is 2.45. The van der Waals surface area contributed by atoms with Crippen LogP contribution in [0.5, 0.6) is 0 Å². The van der Waals surface area contributed by atoms with Crippen LogP contribution in [0.1, 0.15) is 25.7 Å². The third-order valence-electron chi connectivity index (χ3n) is 4.29. The van der Waals surface area contributed by atoms with Gasteiger partial charge in [-0.3, -0.25) is 4.79 Å². The van der Waals surface area contributed by atoms with Gasteiger partial charge in [0, 0.05) is 19.1 Å². The van der Waals surface area contributed by atoms with Crippen molar-refractivity contribution in [3.8, 4) is 0 Å². The first-order valence-corrected chi connectivity index (χ1v) is 7.07. The molecule has 19 heavy (non-hydrogen) atoms. The van der Waals surface area contributed by atoms with Gasteiger partial charge in [0.1, 0.15) is 5.69 Å². The van der Waals surface area contributed by atoms with Crippen LogP contribution in [0.25, 0.3) is 0 Å². The fourth-order valence-electron chi connectivity index (χ4n) is 3.30. The van der Waals surface area contributed by atoms with Gasteiger partial charge in [-0.2, -0.15) is 0 Å². The Morgan fingerprint density at radius 2 is 2.26 bits per heavy atom. The molecule has 0 aliphatic carbocycles. The number of piperidine rings is 1. The monoisotopic (exact) mass is 263 g/mol. The van der Waals surface area contributed by atoms with Crippen LogP contribution in [0.4, 0.5) is 11.5 Å². The molecule has 0 bridgehead atoms. The second kappa shape index (κ2) is 5.21. The minimum absolute atomic E-state index is 0.238. The summed E-state index contributed by atoms with van der Waals surface area (Å²) < 4.78 is 0. The fourth-order valence-corrected chi connectivity index (χ4v) is 3.30. The van der Waals surface area contributed by atoms with Gasteiger partial charge in [0.05, 0.1) is 6.33 Å². The summed E-state index contributed by atoms with van der Waals surface area (Å²) in [4.78, 5) is 20.5. The molecule has 6 nitrogen and oxygen atoms in total. The molecule has 0 amide bonds. The molecule has 3 heterocycles. The van der Waals surface area contributed by atoms with Crippen molar-refractivity contribution in [2.24, 2.45) is 5.92 Å². The number of aromatic nitrogens is 2. The zero-order chi connectivity index (χ0) is 13.2. The van der Waals surface area contributed by atoms with Crippen LogP contribution in [-0.2, 0) is 0 Å². The first-order valence-electron chi connectivity index (χ1n) is 7.07. The molecule has 4 N–H and O–H groups in total. The van der Waals surface area contributed by atoms with E-state index in [4.69, 9.17) is 5.73 Å². The van der Waals surface area contributed by atoms with E-state index in [1.165, 1.54) is 25.6 Å². The average molecular weight is 263 g/mol. The van der Waals surface area contributed by atoms with Gasteiger partial charge in [0.15, 0.2) is 5.82 Å². The Balaban J connectivity index is 1.77. The lowest BCUT2D eigenvalue weighted by molar-refractivity contribution is 0.328. The average Bonchev–Trinajstić information content (AvgIpc) is 2.96. The van der Waals surface area contributed by atoms with Crippen molar-refractivity contribution in [1.82, 2.24) is 15.3 Å². The SMILES string of the molecule is Nc1c(N2CCCC(C3CCCN3)C2)nc[nH]c1=O. The van der Waals surface area contributed by atoms with Gasteiger partial charge < -0.3 is 20.9 Å². The molecule has 2 saturated heterocycles. The molecule has 2 atom stereocenters. The smallest absolute Gasteiger partial charge is 0.276 e. The Bertz CT molecular complexity index is 494. The molecule has 2 unspecified atom stereocenters. The Morgan fingerprint density at radius 1 is 1.37 bits per heavy atom. The van der Waals surface area contributed by atoms with Gasteiger partial charge in [-0.1, -0.05) is 0 Å². The minimum Gasteiger partial charge on any atom is -0.391 e. The maximum absolute atomic E-state index is 11.6. The first-order chi connectivity index (χ1) is 9.25. The zero-order valence-electron chi connectivity index (χ0n) is 11.1. The maximum atomic E-state index is 11.6. The molecule has 104 valence electrons. The largest absolute Gasteiger partial charge is 0.391 e. The lowest BCUT2D eigenvalue weighted by Gasteiger charge is -2.36. The van der Waals surface area contributed by atoms with Gasteiger partial charge in [0.25, 0.3) is 5.56 Å². The van der Waals surface area contributed by atoms with E-state index >= 15 is 0 Å². The molecule has 1 aromatic rings. The lowest BCUT2D eigenvalue weighted by atomic mass is 9.90. The summed E-state index contributed by atoms with van der Waals surface area (Å²) in [6, 6.07) is 0.617. The van der Waals surface area contributed by atoms with Crippen molar-refractivity contribution in [2.75, 3.05) is 30.3 Å². The summed E-state index contributed by atoms with van der Waals surface area (Å²) in [6.07, 6.45) is 6.35. The predicted octanol–water partition coefficient (Wildman–Crippen LogP) is 0.320. The van der Waals surface area contributed by atoms with E-state index < -0.39 is 0 Å². The van der Waals surface area contributed by atoms with Gasteiger partial charge in [0.2, 0.25) is 0 Å². The number of nitrogen functional groups attached to an aromatic ring is 1. The quantitative estimate of drug-likeness (QED) is 0.715. The highest BCUT2D eigenvalue weighted by molar-refractivity contribution is 5.61. The maximum Gasteiger partial charge on any atom is 0.276 e. The van der Waals surface area contributed by atoms with Crippen molar-refractivity contribution < 1.29 is 0 Å². The number of aromatic amines is 1. The normalized spacial score (nSPS) is 27.7. The Morgan fingerprint density at radius 3 is 3.05 bits per heavy atom. The molecule has 2 aliphatic rings. The molecular weight excluding hydrogens is 242 g/mol. The second-order valence-electron chi connectivity index (χ2n) is 5.52. The third-order valence-corrected chi connectivity index (χ3v) is 4.29. The highest BCUT2D eigenvalue weighted by Crippen LogP contribution is 2.28. The molecule has 0 aromatic carbocycles. The highest BCUT2D eigenvalue weighted by atomic mass is 16.1. The van der Waals surface area contributed by atoms with Crippen LogP contribution in [0, 0.1) is 5.92 Å². The van der Waals surface area contributed by atoms with Crippen LogP contribution >= 0.6 is 0 Å². The standard InChI is InChI=1S/C13H21N5O/c14-11-12(16-8-17-13(11)19)18-6-2-3-9(7-18)10-4-1-5-15-10/h8-10,15H,1-7,14H2,(H,16,17,19). The van der Waals surface area contributed by atoms with Gasteiger partial charge >= 0.3 is 0 Å². The fraction of sp³-hybridized carbons (Fsp3) is 0.692. The Hall–Kier alpha value is -1.56. The molecule has 2 aliphatic heterocycles. The topological polar surface area (TPSA) is 87.0 Å².